The molecule has 3 rings (SSSR count). The summed E-state index contributed by atoms with van der Waals surface area (Å²) in [4.78, 5) is 14.5. The number of hydrogen-bond acceptors (Lipinski definition) is 4. The molecule has 0 aliphatic heterocycles. The Balaban J connectivity index is 0.00000320. The van der Waals surface area contributed by atoms with E-state index in [-0.39, 0.29) is 17.2 Å². The molecule has 0 radical (unpaired) electrons. The topological polar surface area (TPSA) is 49.8 Å². The number of rotatable bonds is 8. The Kier molecular flexibility index (Phi) is 8.49. The second kappa shape index (κ2) is 10.3. The Bertz CT molecular complexity index is 869. The number of ether oxygens (including phenoxy) is 1. The summed E-state index contributed by atoms with van der Waals surface area (Å²) in [5, 5.41) is 12.1. The van der Waals surface area contributed by atoms with Crippen molar-refractivity contribution in [3.05, 3.63) is 42.0 Å². The fraction of sp³-hybridized carbons (Fsp3) is 0.542. The van der Waals surface area contributed by atoms with Crippen molar-refractivity contribution in [2.75, 3.05) is 27.2 Å². The van der Waals surface area contributed by atoms with Crippen molar-refractivity contribution < 1.29 is 14.6 Å². The number of carboxylic acids is 1. The fourth-order valence-electron chi connectivity index (χ4n) is 4.43. The molecule has 4 nitrogen and oxygen atoms in total. The summed E-state index contributed by atoms with van der Waals surface area (Å²) in [7, 11) is 3.73. The average Bonchev–Trinajstić information content (AvgIpc) is 2.71. The number of nitrogens with zero attached hydrogens (tertiary/aromatic N) is 1. The van der Waals surface area contributed by atoms with Crippen molar-refractivity contribution in [1.29, 1.82) is 0 Å². The van der Waals surface area contributed by atoms with Crippen LogP contribution in [0.4, 0.5) is 0 Å². The summed E-state index contributed by atoms with van der Waals surface area (Å²) in [5.74, 6) is 0.0216. The van der Waals surface area contributed by atoms with Crippen LogP contribution in [0.1, 0.15) is 51.0 Å². The number of aliphatic carboxylic acids is 1. The Morgan fingerprint density at radius 3 is 2.43 bits per heavy atom. The van der Waals surface area contributed by atoms with E-state index in [2.05, 4.69) is 11.9 Å². The first-order valence-corrected chi connectivity index (χ1v) is 10.9. The highest BCUT2D eigenvalue weighted by atomic mass is 35.5. The molecule has 166 valence electrons. The van der Waals surface area contributed by atoms with Gasteiger partial charge in [-0.2, -0.15) is 12.6 Å². The van der Waals surface area contributed by atoms with Crippen LogP contribution in [0, 0.1) is 0 Å². The number of benzene rings is 2. The fourth-order valence-corrected chi connectivity index (χ4v) is 4.99. The third kappa shape index (κ3) is 5.63. The van der Waals surface area contributed by atoms with Gasteiger partial charge >= 0.3 is 5.97 Å². The Hall–Kier alpha value is -1.43. The Morgan fingerprint density at radius 2 is 1.80 bits per heavy atom. The SMILES string of the molecule is COc1ccc2cc([C@](C)(CCN(C)CC3(S)CCCCC3)C(=O)O)ccc2c1.Cl. The minimum Gasteiger partial charge on any atom is -0.497 e. The quantitative estimate of drug-likeness (QED) is 0.515. The molecule has 0 heterocycles. The zero-order valence-corrected chi connectivity index (χ0v) is 19.9. The number of fused-ring (bicyclic) bond motifs is 1. The van der Waals surface area contributed by atoms with Crippen LogP contribution < -0.4 is 4.74 Å². The van der Waals surface area contributed by atoms with Crippen molar-refractivity contribution in [3.8, 4) is 5.75 Å². The maximum atomic E-state index is 12.3. The van der Waals surface area contributed by atoms with E-state index in [1.807, 2.05) is 43.3 Å². The van der Waals surface area contributed by atoms with E-state index in [4.69, 9.17) is 17.4 Å². The smallest absolute Gasteiger partial charge is 0.313 e. The van der Waals surface area contributed by atoms with Crippen LogP contribution in [-0.2, 0) is 10.2 Å². The van der Waals surface area contributed by atoms with Gasteiger partial charge in [-0.05, 0) is 68.2 Å². The zero-order chi connectivity index (χ0) is 21.1. The lowest BCUT2D eigenvalue weighted by Gasteiger charge is -2.37. The highest BCUT2D eigenvalue weighted by Gasteiger charge is 2.36. The first kappa shape index (κ1) is 24.8. The van der Waals surface area contributed by atoms with Gasteiger partial charge in [-0.15, -0.1) is 12.4 Å². The molecule has 0 saturated heterocycles. The lowest BCUT2D eigenvalue weighted by Crippen LogP contribution is -2.42. The standard InChI is InChI=1S/C24H33NO3S.ClH/c1-23(22(26)27,13-14-25(2)17-24(29)11-5-4-6-12-24)20-9-7-19-16-21(28-3)10-8-18(19)15-20;/h7-10,15-16,29H,4-6,11-14,17H2,1-3H3,(H,26,27);1H/t23-;/m0./s1. The molecule has 2 aromatic carbocycles. The molecule has 1 aliphatic carbocycles. The van der Waals surface area contributed by atoms with Gasteiger partial charge in [0.15, 0.2) is 0 Å². The maximum absolute atomic E-state index is 12.3. The predicted molar refractivity (Wildman–Crippen MR) is 130 cm³/mol. The van der Waals surface area contributed by atoms with Crippen LogP contribution in [0.5, 0.6) is 5.75 Å². The van der Waals surface area contributed by atoms with Crippen molar-refractivity contribution in [2.45, 2.75) is 55.6 Å². The molecule has 0 aromatic heterocycles. The van der Waals surface area contributed by atoms with E-state index in [0.717, 1.165) is 48.0 Å². The zero-order valence-electron chi connectivity index (χ0n) is 18.2. The maximum Gasteiger partial charge on any atom is 0.313 e. The van der Waals surface area contributed by atoms with Gasteiger partial charge in [0.2, 0.25) is 0 Å². The number of thiol groups is 1. The van der Waals surface area contributed by atoms with E-state index in [9.17, 15) is 9.90 Å². The van der Waals surface area contributed by atoms with Crippen LogP contribution >= 0.6 is 25.0 Å². The third-order valence-corrected chi connectivity index (χ3v) is 7.09. The largest absolute Gasteiger partial charge is 0.497 e. The molecular weight excluding hydrogens is 418 g/mol. The minimum atomic E-state index is -0.932. The number of carbonyl (C=O) groups is 1. The van der Waals surface area contributed by atoms with Gasteiger partial charge in [0, 0.05) is 11.3 Å². The summed E-state index contributed by atoms with van der Waals surface area (Å²) in [6.45, 7) is 3.47. The van der Waals surface area contributed by atoms with Crippen LogP contribution in [0.3, 0.4) is 0 Å². The number of halogens is 1. The molecule has 1 atom stereocenters. The van der Waals surface area contributed by atoms with Gasteiger partial charge in [-0.1, -0.05) is 43.5 Å². The van der Waals surface area contributed by atoms with Crippen LogP contribution in [0.25, 0.3) is 10.8 Å². The second-order valence-electron chi connectivity index (χ2n) is 8.84. The molecule has 1 aliphatic rings. The van der Waals surface area contributed by atoms with Crippen LogP contribution in [-0.4, -0.2) is 48.0 Å². The molecule has 1 N–H and O–H groups in total. The van der Waals surface area contributed by atoms with Gasteiger partial charge in [0.05, 0.1) is 12.5 Å². The summed E-state index contributed by atoms with van der Waals surface area (Å²) >= 11 is 4.95. The van der Waals surface area contributed by atoms with E-state index in [1.54, 1.807) is 7.11 Å². The van der Waals surface area contributed by atoms with Crippen molar-refractivity contribution in [2.24, 2.45) is 0 Å². The first-order valence-electron chi connectivity index (χ1n) is 10.5. The molecule has 1 fully saturated rings. The molecule has 0 spiro atoms. The molecule has 0 bridgehead atoms. The first-order chi connectivity index (χ1) is 13.8. The van der Waals surface area contributed by atoms with Gasteiger partial charge in [0.1, 0.15) is 5.75 Å². The van der Waals surface area contributed by atoms with Crippen LogP contribution in [0.2, 0.25) is 0 Å². The molecule has 1 saturated carbocycles. The monoisotopic (exact) mass is 451 g/mol. The molecule has 6 heteroatoms. The van der Waals surface area contributed by atoms with Crippen LogP contribution in [0.15, 0.2) is 36.4 Å². The van der Waals surface area contributed by atoms with E-state index in [1.165, 1.54) is 19.3 Å². The molecule has 30 heavy (non-hydrogen) atoms. The molecular formula is C24H34ClNO3S. The number of methoxy groups -OCH3 is 1. The predicted octanol–water partition coefficient (Wildman–Crippen LogP) is 5.57. The molecule has 2 aromatic rings. The summed E-state index contributed by atoms with van der Waals surface area (Å²) in [6.07, 6.45) is 6.63. The molecule has 0 unspecified atom stereocenters. The van der Waals surface area contributed by atoms with E-state index < -0.39 is 11.4 Å². The second-order valence-corrected chi connectivity index (χ2v) is 9.79. The number of hydrogen-bond donors (Lipinski definition) is 2. The Morgan fingerprint density at radius 1 is 1.17 bits per heavy atom. The highest BCUT2D eigenvalue weighted by molar-refractivity contribution is 7.81. The van der Waals surface area contributed by atoms with E-state index >= 15 is 0 Å². The van der Waals surface area contributed by atoms with E-state index in [0.29, 0.717) is 6.42 Å². The lowest BCUT2D eigenvalue weighted by molar-refractivity contribution is -0.143. The normalized spacial score (nSPS) is 17.9. The van der Waals surface area contributed by atoms with Gasteiger partial charge < -0.3 is 14.7 Å². The summed E-state index contributed by atoms with van der Waals surface area (Å²) < 4.78 is 5.35. The summed E-state index contributed by atoms with van der Waals surface area (Å²) in [5.41, 5.74) is -0.0899. The highest BCUT2D eigenvalue weighted by Crippen LogP contribution is 2.35. The van der Waals surface area contributed by atoms with Gasteiger partial charge in [-0.3, -0.25) is 4.79 Å². The summed E-state index contributed by atoms with van der Waals surface area (Å²) in [6, 6.07) is 11.8. The van der Waals surface area contributed by atoms with Gasteiger partial charge in [-0.25, -0.2) is 0 Å². The number of carboxylic acid groups (broad SMARTS) is 1. The lowest BCUT2D eigenvalue weighted by atomic mass is 9.78. The van der Waals surface area contributed by atoms with Gasteiger partial charge in [0.25, 0.3) is 0 Å². The van der Waals surface area contributed by atoms with Crippen molar-refractivity contribution in [3.63, 3.8) is 0 Å². The molecule has 0 amide bonds. The van der Waals surface area contributed by atoms with Crippen molar-refractivity contribution >= 4 is 41.8 Å². The minimum absolute atomic E-state index is 0. The Labute approximate surface area is 191 Å². The average molecular weight is 452 g/mol. The third-order valence-electron chi connectivity index (χ3n) is 6.50. The van der Waals surface area contributed by atoms with Crippen molar-refractivity contribution in [1.82, 2.24) is 4.90 Å².